The highest BCUT2D eigenvalue weighted by Crippen LogP contribution is 2.21. The Labute approximate surface area is 132 Å². The van der Waals surface area contributed by atoms with Crippen molar-refractivity contribution in [1.82, 2.24) is 5.32 Å². The number of anilines is 1. The molecule has 0 aliphatic rings. The van der Waals surface area contributed by atoms with Crippen LogP contribution in [0.2, 0.25) is 0 Å². The molecule has 0 aromatic heterocycles. The Bertz CT molecular complexity index is 489. The number of carbonyl (C=O) groups excluding carboxylic acids is 1. The number of rotatable bonds is 8. The fraction of sp³-hybridized carbons (Fsp3) is 0.588. The lowest BCUT2D eigenvalue weighted by atomic mass is 9.86. The smallest absolute Gasteiger partial charge is 0.225 e. The van der Waals surface area contributed by atoms with Crippen LogP contribution < -0.4 is 10.6 Å². The molecular formula is C17H27FN2O2. The molecule has 5 heteroatoms. The largest absolute Gasteiger partial charge is 0.393 e. The lowest BCUT2D eigenvalue weighted by Crippen LogP contribution is -2.38. The van der Waals surface area contributed by atoms with E-state index in [1.807, 2.05) is 6.92 Å². The molecular weight excluding hydrogens is 283 g/mol. The van der Waals surface area contributed by atoms with E-state index in [0.29, 0.717) is 25.1 Å². The molecule has 1 rings (SSSR count). The van der Waals surface area contributed by atoms with Crippen molar-refractivity contribution >= 4 is 11.6 Å². The highest BCUT2D eigenvalue weighted by molar-refractivity contribution is 5.91. The summed E-state index contributed by atoms with van der Waals surface area (Å²) in [5.41, 5.74) is 0.424. The summed E-state index contributed by atoms with van der Waals surface area (Å²) in [5.74, 6) is -0.525. The van der Waals surface area contributed by atoms with Gasteiger partial charge in [0.05, 0.1) is 6.10 Å². The summed E-state index contributed by atoms with van der Waals surface area (Å²) in [4.78, 5) is 11.9. The number of nitrogens with one attached hydrogen (secondary N) is 2. The van der Waals surface area contributed by atoms with Gasteiger partial charge < -0.3 is 15.7 Å². The van der Waals surface area contributed by atoms with E-state index < -0.39 is 0 Å². The molecule has 0 radical (unpaired) electrons. The zero-order valence-electron chi connectivity index (χ0n) is 13.8. The van der Waals surface area contributed by atoms with E-state index in [9.17, 15) is 14.3 Å². The van der Waals surface area contributed by atoms with Crippen molar-refractivity contribution in [2.24, 2.45) is 5.41 Å². The van der Waals surface area contributed by atoms with Gasteiger partial charge in [-0.15, -0.1) is 0 Å². The van der Waals surface area contributed by atoms with Crippen LogP contribution in [0.1, 0.15) is 40.5 Å². The molecule has 1 amide bonds. The molecule has 0 saturated carbocycles. The molecule has 0 spiro atoms. The summed E-state index contributed by atoms with van der Waals surface area (Å²) >= 11 is 0. The number of hydrogen-bond donors (Lipinski definition) is 3. The molecule has 2 atom stereocenters. The summed E-state index contributed by atoms with van der Waals surface area (Å²) in [6.45, 7) is 8.58. The minimum absolute atomic E-state index is 0.00170. The van der Waals surface area contributed by atoms with Gasteiger partial charge in [-0.1, -0.05) is 19.9 Å². The van der Waals surface area contributed by atoms with Gasteiger partial charge in [-0.25, -0.2) is 4.39 Å². The maximum Gasteiger partial charge on any atom is 0.225 e. The summed E-state index contributed by atoms with van der Waals surface area (Å²) < 4.78 is 13.1. The van der Waals surface area contributed by atoms with Crippen molar-refractivity contribution in [3.63, 3.8) is 0 Å². The molecule has 2 unspecified atom stereocenters. The Hall–Kier alpha value is -1.46. The van der Waals surface area contributed by atoms with E-state index in [1.165, 1.54) is 12.1 Å². The van der Waals surface area contributed by atoms with Crippen LogP contribution in [0.15, 0.2) is 24.3 Å². The van der Waals surface area contributed by atoms with Crippen LogP contribution in [0.4, 0.5) is 10.1 Å². The van der Waals surface area contributed by atoms with Crippen LogP contribution in [0.25, 0.3) is 0 Å². The van der Waals surface area contributed by atoms with Crippen LogP contribution in [0, 0.1) is 11.2 Å². The first kappa shape index (κ1) is 18.6. The Balaban J connectivity index is 2.38. The van der Waals surface area contributed by atoms with Crippen molar-refractivity contribution in [1.29, 1.82) is 0 Å². The molecule has 4 nitrogen and oxygen atoms in total. The molecule has 124 valence electrons. The molecule has 0 aliphatic carbocycles. The molecule has 3 N–H and O–H groups in total. The van der Waals surface area contributed by atoms with Crippen molar-refractivity contribution < 1.29 is 14.3 Å². The van der Waals surface area contributed by atoms with Crippen molar-refractivity contribution in [3.8, 4) is 0 Å². The van der Waals surface area contributed by atoms with Crippen molar-refractivity contribution in [3.05, 3.63) is 30.1 Å². The molecule has 22 heavy (non-hydrogen) atoms. The number of amides is 1. The lowest BCUT2D eigenvalue weighted by molar-refractivity contribution is -0.116. The fourth-order valence-corrected chi connectivity index (χ4v) is 2.45. The topological polar surface area (TPSA) is 61.4 Å². The van der Waals surface area contributed by atoms with Gasteiger partial charge in [0.25, 0.3) is 0 Å². The predicted octanol–water partition coefficient (Wildman–Crippen LogP) is 2.93. The normalized spacial score (nSPS) is 14.5. The number of halogens is 1. The van der Waals surface area contributed by atoms with Gasteiger partial charge in [0, 0.05) is 24.7 Å². The second-order valence-electron chi connectivity index (χ2n) is 6.76. The van der Waals surface area contributed by atoms with Crippen molar-refractivity contribution in [2.45, 2.75) is 52.7 Å². The van der Waals surface area contributed by atoms with Crippen LogP contribution in [0.3, 0.4) is 0 Å². The highest BCUT2D eigenvalue weighted by atomic mass is 19.1. The molecule has 1 aromatic rings. The van der Waals surface area contributed by atoms with Gasteiger partial charge in [0.2, 0.25) is 5.91 Å². The molecule has 1 aromatic carbocycles. The Morgan fingerprint density at radius 3 is 2.64 bits per heavy atom. The van der Waals surface area contributed by atoms with Crippen LogP contribution in [0.5, 0.6) is 0 Å². The maximum atomic E-state index is 13.1. The maximum absolute atomic E-state index is 13.1. The first-order chi connectivity index (χ1) is 10.2. The van der Waals surface area contributed by atoms with Gasteiger partial charge in [0.1, 0.15) is 5.82 Å². The SMILES string of the molecule is CC(O)CC(C)(C)CNC(C)CC(=O)Nc1cccc(F)c1. The molecule has 0 saturated heterocycles. The first-order valence-corrected chi connectivity index (χ1v) is 7.65. The van der Waals surface area contributed by atoms with Gasteiger partial charge in [-0.2, -0.15) is 0 Å². The van der Waals surface area contributed by atoms with E-state index in [4.69, 9.17) is 0 Å². The Morgan fingerprint density at radius 1 is 1.36 bits per heavy atom. The van der Waals surface area contributed by atoms with Gasteiger partial charge in [-0.3, -0.25) is 4.79 Å². The minimum Gasteiger partial charge on any atom is -0.393 e. The molecule has 0 bridgehead atoms. The summed E-state index contributed by atoms with van der Waals surface area (Å²) in [5, 5.41) is 15.5. The number of carbonyl (C=O) groups is 1. The quantitative estimate of drug-likeness (QED) is 0.692. The van der Waals surface area contributed by atoms with E-state index in [1.54, 1.807) is 19.1 Å². The molecule has 0 fully saturated rings. The Kier molecular flexibility index (Phi) is 6.97. The number of benzene rings is 1. The van der Waals surface area contributed by atoms with E-state index in [0.717, 1.165) is 0 Å². The highest BCUT2D eigenvalue weighted by Gasteiger charge is 2.21. The Morgan fingerprint density at radius 2 is 2.05 bits per heavy atom. The number of aliphatic hydroxyl groups is 1. The second-order valence-corrected chi connectivity index (χ2v) is 6.76. The van der Waals surface area contributed by atoms with Crippen LogP contribution in [-0.2, 0) is 4.79 Å². The summed E-state index contributed by atoms with van der Waals surface area (Å²) in [6.07, 6.45) is 0.659. The average molecular weight is 310 g/mol. The van der Waals surface area contributed by atoms with Crippen LogP contribution >= 0.6 is 0 Å². The van der Waals surface area contributed by atoms with E-state index >= 15 is 0 Å². The van der Waals surface area contributed by atoms with E-state index in [2.05, 4.69) is 24.5 Å². The zero-order chi connectivity index (χ0) is 16.8. The first-order valence-electron chi connectivity index (χ1n) is 7.65. The number of aliphatic hydroxyl groups excluding tert-OH is 1. The van der Waals surface area contributed by atoms with Gasteiger partial charge in [-0.05, 0) is 43.9 Å². The van der Waals surface area contributed by atoms with Gasteiger partial charge in [0.15, 0.2) is 0 Å². The van der Waals surface area contributed by atoms with Crippen molar-refractivity contribution in [2.75, 3.05) is 11.9 Å². The molecule has 0 heterocycles. The average Bonchev–Trinajstić information content (AvgIpc) is 2.34. The predicted molar refractivity (Wildman–Crippen MR) is 87.2 cm³/mol. The van der Waals surface area contributed by atoms with Crippen LogP contribution in [-0.4, -0.2) is 29.7 Å². The standard InChI is InChI=1S/C17H27FN2O2/c1-12(19-11-17(3,4)10-13(2)21)8-16(22)20-15-7-5-6-14(18)9-15/h5-7,9,12-13,19,21H,8,10-11H2,1-4H3,(H,20,22). The monoisotopic (exact) mass is 310 g/mol. The fourth-order valence-electron chi connectivity index (χ4n) is 2.45. The lowest BCUT2D eigenvalue weighted by Gasteiger charge is -2.28. The third-order valence-electron chi connectivity index (χ3n) is 3.38. The number of hydrogen-bond acceptors (Lipinski definition) is 3. The van der Waals surface area contributed by atoms with Gasteiger partial charge >= 0.3 is 0 Å². The third kappa shape index (κ3) is 7.52. The minimum atomic E-state index is -0.371. The summed E-state index contributed by atoms with van der Waals surface area (Å²) in [6, 6.07) is 5.85. The third-order valence-corrected chi connectivity index (χ3v) is 3.38. The van der Waals surface area contributed by atoms with E-state index in [-0.39, 0.29) is 29.3 Å². The summed E-state index contributed by atoms with van der Waals surface area (Å²) in [7, 11) is 0. The molecule has 0 aliphatic heterocycles. The zero-order valence-corrected chi connectivity index (χ0v) is 13.8. The second kappa shape index (κ2) is 8.25.